The van der Waals surface area contributed by atoms with Gasteiger partial charge < -0.3 is 30.0 Å². The maximum atomic E-state index is 13.0. The monoisotopic (exact) mass is 501 g/mol. The van der Waals surface area contributed by atoms with Crippen LogP contribution >= 0.6 is 0 Å². The van der Waals surface area contributed by atoms with E-state index in [0.717, 1.165) is 17.8 Å². The van der Waals surface area contributed by atoms with E-state index in [1.54, 1.807) is 6.92 Å². The number of carbonyl (C=O) groups is 2. The summed E-state index contributed by atoms with van der Waals surface area (Å²) in [7, 11) is 0. The normalized spacial score (nSPS) is 27.9. The zero-order valence-electron chi connectivity index (χ0n) is 22.5. The Morgan fingerprint density at radius 3 is 2.67 bits per heavy atom. The number of fused-ring (bicyclic) bond motifs is 1. The van der Waals surface area contributed by atoms with Crippen molar-refractivity contribution in [1.29, 1.82) is 5.41 Å². The van der Waals surface area contributed by atoms with Gasteiger partial charge in [-0.05, 0) is 51.9 Å². The highest BCUT2D eigenvalue weighted by Gasteiger charge is 2.47. The molecule has 0 aromatic rings. The number of piperazine rings is 1. The SMILES string of the molecule is CCOC(=O)CCNC(=O)N1CCN(C2=C(C=N)C3CC(C)(C)OCC3C(C3CC3)=N2)C[C@H]1C(C)C. The summed E-state index contributed by atoms with van der Waals surface area (Å²) in [5.41, 5.74) is 2.06. The van der Waals surface area contributed by atoms with Crippen molar-refractivity contribution in [2.75, 3.05) is 39.4 Å². The number of nitrogens with zero attached hydrogens (tertiary/aromatic N) is 3. The summed E-state index contributed by atoms with van der Waals surface area (Å²) in [6.07, 6.45) is 4.94. The molecule has 0 radical (unpaired) electrons. The van der Waals surface area contributed by atoms with E-state index >= 15 is 0 Å². The number of urea groups is 1. The number of ether oxygens (including phenoxy) is 2. The van der Waals surface area contributed by atoms with Crippen molar-refractivity contribution in [2.45, 2.75) is 71.9 Å². The summed E-state index contributed by atoms with van der Waals surface area (Å²) < 4.78 is 11.2. The molecule has 4 aliphatic rings. The van der Waals surface area contributed by atoms with Crippen LogP contribution in [0.3, 0.4) is 0 Å². The summed E-state index contributed by atoms with van der Waals surface area (Å²) in [6, 6.07) is -0.139. The maximum Gasteiger partial charge on any atom is 0.317 e. The van der Waals surface area contributed by atoms with E-state index in [4.69, 9.17) is 19.9 Å². The van der Waals surface area contributed by atoms with Gasteiger partial charge in [-0.3, -0.25) is 4.79 Å². The fourth-order valence-electron chi connectivity index (χ4n) is 5.85. The number of rotatable bonds is 8. The summed E-state index contributed by atoms with van der Waals surface area (Å²) in [5, 5.41) is 11.2. The Morgan fingerprint density at radius 2 is 2.03 bits per heavy atom. The Morgan fingerprint density at radius 1 is 1.28 bits per heavy atom. The van der Waals surface area contributed by atoms with Crippen LogP contribution in [0.5, 0.6) is 0 Å². The Bertz CT molecular complexity index is 923. The van der Waals surface area contributed by atoms with E-state index in [2.05, 4.69) is 37.9 Å². The van der Waals surface area contributed by atoms with E-state index in [0.29, 0.717) is 38.8 Å². The molecule has 3 aliphatic heterocycles. The lowest BCUT2D eigenvalue weighted by Gasteiger charge is -2.48. The predicted molar refractivity (Wildman–Crippen MR) is 139 cm³/mol. The number of amides is 2. The van der Waals surface area contributed by atoms with Gasteiger partial charge in [0.2, 0.25) is 0 Å². The minimum atomic E-state index is -0.301. The summed E-state index contributed by atoms with van der Waals surface area (Å²) in [5.74, 6) is 1.92. The molecular formula is C27H43N5O4. The van der Waals surface area contributed by atoms with Crippen molar-refractivity contribution < 1.29 is 19.1 Å². The molecule has 0 aromatic carbocycles. The second kappa shape index (κ2) is 10.9. The Hall–Kier alpha value is -2.42. The first-order valence-corrected chi connectivity index (χ1v) is 13.6. The van der Waals surface area contributed by atoms with Gasteiger partial charge in [-0.1, -0.05) is 13.8 Å². The quantitative estimate of drug-likeness (QED) is 0.391. The summed E-state index contributed by atoms with van der Waals surface area (Å²) in [6.45, 7) is 13.5. The van der Waals surface area contributed by atoms with Gasteiger partial charge in [0.05, 0.1) is 31.3 Å². The summed E-state index contributed by atoms with van der Waals surface area (Å²) >= 11 is 0. The van der Waals surface area contributed by atoms with Crippen LogP contribution < -0.4 is 5.32 Å². The third-order valence-electron chi connectivity index (χ3n) is 7.93. The molecule has 1 aliphatic carbocycles. The van der Waals surface area contributed by atoms with Crippen molar-refractivity contribution >= 4 is 23.9 Å². The lowest BCUT2D eigenvalue weighted by atomic mass is 9.72. The van der Waals surface area contributed by atoms with Crippen LogP contribution in [0.1, 0.15) is 60.3 Å². The van der Waals surface area contributed by atoms with Gasteiger partial charge in [0.1, 0.15) is 5.82 Å². The number of aliphatic imine (C=N–C) groups is 1. The largest absolute Gasteiger partial charge is 0.466 e. The molecule has 4 rings (SSSR count). The second-order valence-corrected chi connectivity index (χ2v) is 11.5. The Labute approximate surface area is 215 Å². The van der Waals surface area contributed by atoms with Crippen LogP contribution in [-0.4, -0.2) is 84.8 Å². The standard InChI is InChI=1S/C27H43N5O4/c1-6-35-23(33)9-10-29-26(34)32-12-11-31(15-22(32)17(2)3)25-20(14-28)19-13-27(4,5)36-16-21(19)24(30-25)18-7-8-18/h14,17-19,21-22,28H,6-13,15-16H2,1-5H3,(H,29,34)/t19?,21?,22-/m0/s1. The Balaban J connectivity index is 1.51. The molecule has 3 fully saturated rings. The summed E-state index contributed by atoms with van der Waals surface area (Å²) in [4.78, 5) is 34.1. The lowest BCUT2D eigenvalue weighted by molar-refractivity contribution is -0.142. The van der Waals surface area contributed by atoms with Crippen molar-refractivity contribution in [3.05, 3.63) is 11.4 Å². The third kappa shape index (κ3) is 5.76. The van der Waals surface area contributed by atoms with Gasteiger partial charge >= 0.3 is 12.0 Å². The zero-order chi connectivity index (χ0) is 26.0. The molecule has 1 saturated carbocycles. The highest BCUT2D eigenvalue weighted by atomic mass is 16.5. The number of hydrogen-bond donors (Lipinski definition) is 2. The van der Waals surface area contributed by atoms with Crippen molar-refractivity contribution in [3.63, 3.8) is 0 Å². The molecule has 2 saturated heterocycles. The van der Waals surface area contributed by atoms with Gasteiger partial charge in [0, 0.05) is 55.5 Å². The van der Waals surface area contributed by atoms with E-state index in [1.807, 2.05) is 4.90 Å². The first-order valence-electron chi connectivity index (χ1n) is 13.6. The molecule has 3 atom stereocenters. The van der Waals surface area contributed by atoms with Crippen LogP contribution in [-0.2, 0) is 14.3 Å². The molecule has 0 spiro atoms. The van der Waals surface area contributed by atoms with Gasteiger partial charge in [-0.2, -0.15) is 0 Å². The average Bonchev–Trinajstić information content (AvgIpc) is 3.67. The average molecular weight is 502 g/mol. The minimum absolute atomic E-state index is 0.00394. The van der Waals surface area contributed by atoms with Crippen LogP contribution in [0.4, 0.5) is 4.79 Å². The third-order valence-corrected chi connectivity index (χ3v) is 7.93. The molecule has 3 heterocycles. The molecular weight excluding hydrogens is 458 g/mol. The highest BCUT2D eigenvalue weighted by Crippen LogP contribution is 2.47. The van der Waals surface area contributed by atoms with Gasteiger partial charge in [-0.15, -0.1) is 0 Å². The first-order chi connectivity index (χ1) is 17.1. The molecule has 200 valence electrons. The fraction of sp³-hybridized carbons (Fsp3) is 0.778. The number of allylic oxidation sites excluding steroid dienone is 1. The smallest absolute Gasteiger partial charge is 0.317 e. The van der Waals surface area contributed by atoms with Crippen LogP contribution in [0.15, 0.2) is 16.4 Å². The van der Waals surface area contributed by atoms with E-state index < -0.39 is 0 Å². The Kier molecular flexibility index (Phi) is 8.07. The van der Waals surface area contributed by atoms with Crippen molar-refractivity contribution in [2.24, 2.45) is 28.7 Å². The van der Waals surface area contributed by atoms with Crippen LogP contribution in [0.25, 0.3) is 0 Å². The van der Waals surface area contributed by atoms with Gasteiger partial charge in [-0.25, -0.2) is 9.79 Å². The molecule has 9 nitrogen and oxygen atoms in total. The topological polar surface area (TPSA) is 107 Å². The lowest BCUT2D eigenvalue weighted by Crippen LogP contribution is -2.59. The van der Waals surface area contributed by atoms with Gasteiger partial charge in [0.25, 0.3) is 0 Å². The van der Waals surface area contributed by atoms with Crippen molar-refractivity contribution in [3.8, 4) is 0 Å². The van der Waals surface area contributed by atoms with E-state index in [9.17, 15) is 9.59 Å². The number of hydrogen-bond acceptors (Lipinski definition) is 7. The molecule has 2 amide bonds. The molecule has 2 unspecified atom stereocenters. The van der Waals surface area contributed by atoms with Gasteiger partial charge in [0.15, 0.2) is 0 Å². The van der Waals surface area contributed by atoms with Crippen LogP contribution in [0, 0.1) is 29.1 Å². The first kappa shape index (κ1) is 26.6. The van der Waals surface area contributed by atoms with E-state index in [1.165, 1.54) is 24.8 Å². The molecule has 2 N–H and O–H groups in total. The van der Waals surface area contributed by atoms with Crippen molar-refractivity contribution in [1.82, 2.24) is 15.1 Å². The minimum Gasteiger partial charge on any atom is -0.466 e. The van der Waals surface area contributed by atoms with Crippen LogP contribution in [0.2, 0.25) is 0 Å². The molecule has 9 heteroatoms. The number of carbonyl (C=O) groups excluding carboxylic acids is 2. The molecule has 0 bridgehead atoms. The fourth-order valence-corrected chi connectivity index (χ4v) is 5.85. The number of esters is 1. The van der Waals surface area contributed by atoms with E-state index in [-0.39, 0.29) is 54.4 Å². The zero-order valence-corrected chi connectivity index (χ0v) is 22.5. The second-order valence-electron chi connectivity index (χ2n) is 11.5. The number of nitrogens with one attached hydrogen (secondary N) is 2. The molecule has 0 aromatic heterocycles. The highest BCUT2D eigenvalue weighted by molar-refractivity contribution is 5.96. The maximum absolute atomic E-state index is 13.0. The predicted octanol–water partition coefficient (Wildman–Crippen LogP) is 3.45. The molecule has 36 heavy (non-hydrogen) atoms.